The molecule has 0 saturated heterocycles. The molecule has 25 heavy (non-hydrogen) atoms. The highest BCUT2D eigenvalue weighted by Crippen LogP contribution is 2.38. The first-order chi connectivity index (χ1) is 12.0. The van der Waals surface area contributed by atoms with Gasteiger partial charge in [0, 0.05) is 31.7 Å². The monoisotopic (exact) mass is 353 g/mol. The summed E-state index contributed by atoms with van der Waals surface area (Å²) in [6.45, 7) is 5.75. The van der Waals surface area contributed by atoms with Crippen molar-refractivity contribution in [2.45, 2.75) is 13.8 Å². The summed E-state index contributed by atoms with van der Waals surface area (Å²) in [6.07, 6.45) is 0. The van der Waals surface area contributed by atoms with E-state index >= 15 is 0 Å². The predicted molar refractivity (Wildman–Crippen MR) is 94.8 cm³/mol. The summed E-state index contributed by atoms with van der Waals surface area (Å²) in [5.41, 5.74) is 0.379. The van der Waals surface area contributed by atoms with Crippen molar-refractivity contribution in [3.05, 3.63) is 17.7 Å². The summed E-state index contributed by atoms with van der Waals surface area (Å²) in [5.74, 6) is 0.938. The van der Waals surface area contributed by atoms with Crippen molar-refractivity contribution in [3.63, 3.8) is 0 Å². The zero-order valence-corrected chi connectivity index (χ0v) is 15.5. The van der Waals surface area contributed by atoms with Gasteiger partial charge in [0.05, 0.1) is 21.3 Å². The number of rotatable bonds is 9. The van der Waals surface area contributed by atoms with E-state index in [1.54, 1.807) is 17.0 Å². The highest BCUT2D eigenvalue weighted by atomic mass is 16.5. The van der Waals surface area contributed by atoms with Gasteiger partial charge in [0.2, 0.25) is 5.75 Å². The smallest absolute Gasteiger partial charge is 0.317 e. The lowest BCUT2D eigenvalue weighted by molar-refractivity contribution is 0.0952. The first-order valence-corrected chi connectivity index (χ1v) is 8.13. The Hall–Kier alpha value is -2.64. The fourth-order valence-corrected chi connectivity index (χ4v) is 2.28. The van der Waals surface area contributed by atoms with Crippen molar-refractivity contribution >= 4 is 11.9 Å². The van der Waals surface area contributed by atoms with Gasteiger partial charge in [0.25, 0.3) is 5.91 Å². The minimum atomic E-state index is -0.295. The van der Waals surface area contributed by atoms with Crippen LogP contribution in [0.3, 0.4) is 0 Å². The Labute approximate surface area is 148 Å². The van der Waals surface area contributed by atoms with Crippen molar-refractivity contribution in [2.24, 2.45) is 0 Å². The SMILES string of the molecule is CCN(CC)C(=O)NCCNC(=O)c1cc(OC)c(OC)c(OC)c1. The Bertz CT molecular complexity index is 563. The molecular formula is C17H27N3O5. The lowest BCUT2D eigenvalue weighted by Gasteiger charge is -2.19. The second kappa shape index (κ2) is 10.3. The number of benzene rings is 1. The van der Waals surface area contributed by atoms with Crippen LogP contribution in [0.15, 0.2) is 12.1 Å². The molecule has 2 N–H and O–H groups in total. The van der Waals surface area contributed by atoms with Crippen molar-refractivity contribution < 1.29 is 23.8 Å². The summed E-state index contributed by atoms with van der Waals surface area (Å²) in [5, 5.41) is 5.50. The minimum absolute atomic E-state index is 0.146. The number of nitrogens with one attached hydrogen (secondary N) is 2. The molecule has 1 rings (SSSR count). The van der Waals surface area contributed by atoms with E-state index in [-0.39, 0.29) is 11.9 Å². The summed E-state index contributed by atoms with van der Waals surface area (Å²) in [7, 11) is 4.47. The lowest BCUT2D eigenvalue weighted by Crippen LogP contribution is -2.42. The summed E-state index contributed by atoms with van der Waals surface area (Å²) in [4.78, 5) is 25.8. The van der Waals surface area contributed by atoms with Crippen LogP contribution in [-0.2, 0) is 0 Å². The van der Waals surface area contributed by atoms with Crippen molar-refractivity contribution in [2.75, 3.05) is 47.5 Å². The van der Waals surface area contributed by atoms with E-state index in [1.807, 2.05) is 13.8 Å². The molecule has 0 aromatic heterocycles. The van der Waals surface area contributed by atoms with Gasteiger partial charge in [0.1, 0.15) is 0 Å². The molecule has 0 radical (unpaired) electrons. The summed E-state index contributed by atoms with van der Waals surface area (Å²) >= 11 is 0. The number of hydrogen-bond donors (Lipinski definition) is 2. The van der Waals surface area contributed by atoms with Gasteiger partial charge in [-0.3, -0.25) is 4.79 Å². The average Bonchev–Trinajstić information content (AvgIpc) is 2.64. The largest absolute Gasteiger partial charge is 0.493 e. The van der Waals surface area contributed by atoms with Gasteiger partial charge in [-0.1, -0.05) is 0 Å². The molecule has 0 bridgehead atoms. The molecule has 1 aromatic rings. The van der Waals surface area contributed by atoms with Crippen molar-refractivity contribution in [1.29, 1.82) is 0 Å². The maximum atomic E-state index is 12.3. The molecule has 8 nitrogen and oxygen atoms in total. The minimum Gasteiger partial charge on any atom is -0.493 e. The van der Waals surface area contributed by atoms with Gasteiger partial charge in [-0.15, -0.1) is 0 Å². The maximum absolute atomic E-state index is 12.3. The van der Waals surface area contributed by atoms with E-state index < -0.39 is 0 Å². The van der Waals surface area contributed by atoms with Crippen molar-refractivity contribution in [1.82, 2.24) is 15.5 Å². The van der Waals surface area contributed by atoms with Crippen LogP contribution in [0.25, 0.3) is 0 Å². The topological polar surface area (TPSA) is 89.1 Å². The number of carbonyl (C=O) groups excluding carboxylic acids is 2. The fourth-order valence-electron chi connectivity index (χ4n) is 2.28. The lowest BCUT2D eigenvalue weighted by atomic mass is 10.1. The van der Waals surface area contributed by atoms with E-state index in [0.29, 0.717) is 49.0 Å². The number of amides is 3. The van der Waals surface area contributed by atoms with Crippen LogP contribution in [0, 0.1) is 0 Å². The molecule has 0 fully saturated rings. The Morgan fingerprint density at radius 3 is 1.88 bits per heavy atom. The number of carbonyl (C=O) groups is 2. The molecule has 0 aliphatic carbocycles. The van der Waals surface area contributed by atoms with E-state index in [4.69, 9.17) is 14.2 Å². The van der Waals surface area contributed by atoms with Gasteiger partial charge in [-0.25, -0.2) is 4.79 Å². The van der Waals surface area contributed by atoms with Crippen LogP contribution >= 0.6 is 0 Å². The number of hydrogen-bond acceptors (Lipinski definition) is 5. The molecule has 0 saturated carbocycles. The quantitative estimate of drug-likeness (QED) is 0.657. The van der Waals surface area contributed by atoms with Crippen LogP contribution in [0.5, 0.6) is 17.2 Å². The van der Waals surface area contributed by atoms with Gasteiger partial charge < -0.3 is 29.7 Å². The normalized spacial score (nSPS) is 9.96. The molecule has 0 atom stereocenters. The number of ether oxygens (including phenoxy) is 3. The van der Waals surface area contributed by atoms with Gasteiger partial charge in [-0.2, -0.15) is 0 Å². The van der Waals surface area contributed by atoms with E-state index in [0.717, 1.165) is 0 Å². The highest BCUT2D eigenvalue weighted by molar-refractivity contribution is 5.95. The standard InChI is InChI=1S/C17H27N3O5/c1-6-20(7-2)17(22)19-9-8-18-16(21)12-10-13(23-3)15(25-5)14(11-12)24-4/h10-11H,6-9H2,1-5H3,(H,18,21)(H,19,22). The van der Waals surface area contributed by atoms with Gasteiger partial charge >= 0.3 is 6.03 Å². The zero-order valence-electron chi connectivity index (χ0n) is 15.5. The molecule has 8 heteroatoms. The van der Waals surface area contributed by atoms with E-state index in [2.05, 4.69) is 10.6 Å². The third-order valence-electron chi connectivity index (χ3n) is 3.66. The zero-order chi connectivity index (χ0) is 18.8. The summed E-state index contributed by atoms with van der Waals surface area (Å²) in [6, 6.07) is 3.00. The maximum Gasteiger partial charge on any atom is 0.317 e. The van der Waals surface area contributed by atoms with E-state index in [9.17, 15) is 9.59 Å². The van der Waals surface area contributed by atoms with Crippen LogP contribution < -0.4 is 24.8 Å². The molecule has 3 amide bonds. The molecule has 0 spiro atoms. The van der Waals surface area contributed by atoms with Gasteiger partial charge in [-0.05, 0) is 26.0 Å². The first-order valence-electron chi connectivity index (χ1n) is 8.13. The highest BCUT2D eigenvalue weighted by Gasteiger charge is 2.17. The Balaban J connectivity index is 2.65. The van der Waals surface area contributed by atoms with Crippen LogP contribution in [-0.4, -0.2) is 64.3 Å². The molecule has 0 aliphatic heterocycles. The Kier molecular flexibility index (Phi) is 8.38. The first kappa shape index (κ1) is 20.4. The molecule has 0 heterocycles. The molecule has 0 aliphatic rings. The molecule has 0 unspecified atom stereocenters. The third-order valence-corrected chi connectivity index (χ3v) is 3.66. The molecule has 140 valence electrons. The molecule has 1 aromatic carbocycles. The Morgan fingerprint density at radius 2 is 1.44 bits per heavy atom. The number of urea groups is 1. The fraction of sp³-hybridized carbons (Fsp3) is 0.529. The van der Waals surface area contributed by atoms with Gasteiger partial charge in [0.15, 0.2) is 11.5 Å². The second-order valence-electron chi connectivity index (χ2n) is 5.07. The second-order valence-corrected chi connectivity index (χ2v) is 5.07. The van der Waals surface area contributed by atoms with Crippen LogP contribution in [0.2, 0.25) is 0 Å². The third kappa shape index (κ3) is 5.44. The predicted octanol–water partition coefficient (Wildman–Crippen LogP) is 1.49. The van der Waals surface area contributed by atoms with Crippen molar-refractivity contribution in [3.8, 4) is 17.2 Å². The number of methoxy groups -OCH3 is 3. The van der Waals surface area contributed by atoms with E-state index in [1.165, 1.54) is 21.3 Å². The van der Waals surface area contributed by atoms with Crippen LogP contribution in [0.1, 0.15) is 24.2 Å². The average molecular weight is 353 g/mol. The van der Waals surface area contributed by atoms with Crippen LogP contribution in [0.4, 0.5) is 4.79 Å². The molecular weight excluding hydrogens is 326 g/mol. The number of nitrogens with zero attached hydrogens (tertiary/aromatic N) is 1. The Morgan fingerprint density at radius 1 is 0.920 bits per heavy atom. The summed E-state index contributed by atoms with van der Waals surface area (Å²) < 4.78 is 15.7.